The Morgan fingerprint density at radius 2 is 2.08 bits per heavy atom. The molecule has 3 heterocycles. The molecule has 4 rings (SSSR count). The summed E-state index contributed by atoms with van der Waals surface area (Å²) in [5, 5.41) is 7.63. The Balaban J connectivity index is 1.37. The van der Waals surface area contributed by atoms with Crippen LogP contribution in [0.1, 0.15) is 12.3 Å². The smallest absolute Gasteiger partial charge is 0.238 e. The lowest BCUT2D eigenvalue weighted by Gasteiger charge is -2.05. The minimum atomic E-state index is -0.144. The van der Waals surface area contributed by atoms with Crippen LogP contribution in [0.15, 0.2) is 63.9 Å². The van der Waals surface area contributed by atoms with Crippen molar-refractivity contribution in [2.75, 3.05) is 5.32 Å². The molecule has 0 atom stereocenters. The van der Waals surface area contributed by atoms with Gasteiger partial charge in [0.15, 0.2) is 5.76 Å². The summed E-state index contributed by atoms with van der Waals surface area (Å²) in [5.41, 5.74) is 1.54. The van der Waals surface area contributed by atoms with Gasteiger partial charge in [-0.25, -0.2) is 0 Å². The second-order valence-corrected chi connectivity index (χ2v) is 5.45. The predicted molar refractivity (Wildman–Crippen MR) is 90.7 cm³/mol. The molecular formula is C18H14N4O3. The van der Waals surface area contributed by atoms with E-state index < -0.39 is 0 Å². The van der Waals surface area contributed by atoms with E-state index in [1.165, 1.54) is 6.26 Å². The number of rotatable bonds is 5. The van der Waals surface area contributed by atoms with Crippen LogP contribution >= 0.6 is 0 Å². The summed E-state index contributed by atoms with van der Waals surface area (Å²) < 4.78 is 10.3. The average molecular weight is 334 g/mol. The molecule has 3 aromatic heterocycles. The number of anilines is 1. The van der Waals surface area contributed by atoms with Crippen molar-refractivity contribution in [3.8, 4) is 11.6 Å². The molecule has 7 nitrogen and oxygen atoms in total. The molecule has 25 heavy (non-hydrogen) atoms. The van der Waals surface area contributed by atoms with Crippen LogP contribution in [0.3, 0.4) is 0 Å². The zero-order chi connectivity index (χ0) is 17.1. The van der Waals surface area contributed by atoms with Gasteiger partial charge in [0.2, 0.25) is 17.6 Å². The van der Waals surface area contributed by atoms with Crippen molar-refractivity contribution < 1.29 is 13.7 Å². The molecule has 0 aliphatic carbocycles. The number of fused-ring (bicyclic) bond motifs is 1. The Bertz CT molecular complexity index is 1010. The number of pyridine rings is 1. The molecular weight excluding hydrogens is 320 g/mol. The number of hydrogen-bond donors (Lipinski definition) is 1. The predicted octanol–water partition coefficient (Wildman–Crippen LogP) is 3.45. The molecule has 1 aromatic carbocycles. The molecule has 0 saturated heterocycles. The number of aryl methyl sites for hydroxylation is 1. The molecule has 0 spiro atoms. The van der Waals surface area contributed by atoms with Crippen molar-refractivity contribution in [2.24, 2.45) is 0 Å². The van der Waals surface area contributed by atoms with Gasteiger partial charge in [-0.15, -0.1) is 0 Å². The van der Waals surface area contributed by atoms with Crippen LogP contribution in [0.5, 0.6) is 0 Å². The third-order valence-electron chi connectivity index (χ3n) is 3.65. The first-order valence-corrected chi connectivity index (χ1v) is 7.79. The summed E-state index contributed by atoms with van der Waals surface area (Å²) in [7, 11) is 0. The summed E-state index contributed by atoms with van der Waals surface area (Å²) in [5.74, 6) is 1.15. The highest BCUT2D eigenvalue weighted by molar-refractivity contribution is 5.93. The van der Waals surface area contributed by atoms with Crippen LogP contribution in [-0.2, 0) is 11.2 Å². The van der Waals surface area contributed by atoms with E-state index in [1.54, 1.807) is 18.3 Å². The summed E-state index contributed by atoms with van der Waals surface area (Å²) in [6.45, 7) is 0. The molecule has 4 aromatic rings. The fraction of sp³-hybridized carbons (Fsp3) is 0.111. The monoisotopic (exact) mass is 334 g/mol. The number of carbonyl (C=O) groups is 1. The standard InChI is InChI=1S/C18H14N4O3/c23-16(20-13-10-12-4-1-2-5-14(12)19-11-13)7-8-17-21-18(22-25-17)15-6-3-9-24-15/h1-6,9-11H,7-8H2,(H,20,23). The number of aromatic nitrogens is 3. The van der Waals surface area contributed by atoms with Crippen molar-refractivity contribution in [2.45, 2.75) is 12.8 Å². The number of carbonyl (C=O) groups excluding carboxylic acids is 1. The highest BCUT2D eigenvalue weighted by Gasteiger charge is 2.12. The van der Waals surface area contributed by atoms with Crippen molar-refractivity contribution in [1.29, 1.82) is 0 Å². The summed E-state index contributed by atoms with van der Waals surface area (Å²) in [6.07, 6.45) is 3.76. The van der Waals surface area contributed by atoms with E-state index in [9.17, 15) is 4.79 Å². The first kappa shape index (κ1) is 15.1. The topological polar surface area (TPSA) is 94.0 Å². The first-order chi connectivity index (χ1) is 12.3. The van der Waals surface area contributed by atoms with E-state index in [0.717, 1.165) is 10.9 Å². The van der Waals surface area contributed by atoms with Gasteiger partial charge in [0.1, 0.15) is 0 Å². The van der Waals surface area contributed by atoms with Crippen LogP contribution in [0.25, 0.3) is 22.5 Å². The number of amides is 1. The third-order valence-corrected chi connectivity index (χ3v) is 3.65. The Morgan fingerprint density at radius 1 is 1.16 bits per heavy atom. The number of hydrogen-bond acceptors (Lipinski definition) is 6. The lowest BCUT2D eigenvalue weighted by atomic mass is 10.2. The molecule has 0 fully saturated rings. The SMILES string of the molecule is O=C(CCc1nc(-c2ccco2)no1)Nc1cnc2ccccc2c1. The Labute approximate surface area is 142 Å². The summed E-state index contributed by atoms with van der Waals surface area (Å²) >= 11 is 0. The Hall–Kier alpha value is -3.48. The van der Waals surface area contributed by atoms with Gasteiger partial charge in [-0.1, -0.05) is 23.4 Å². The normalized spacial score (nSPS) is 10.9. The fourth-order valence-corrected chi connectivity index (χ4v) is 2.45. The zero-order valence-corrected chi connectivity index (χ0v) is 13.2. The van der Waals surface area contributed by atoms with E-state index >= 15 is 0 Å². The van der Waals surface area contributed by atoms with Gasteiger partial charge in [0.25, 0.3) is 0 Å². The van der Waals surface area contributed by atoms with Crippen LogP contribution < -0.4 is 5.32 Å². The number of para-hydroxylation sites is 1. The number of nitrogens with one attached hydrogen (secondary N) is 1. The van der Waals surface area contributed by atoms with E-state index in [-0.39, 0.29) is 12.3 Å². The summed E-state index contributed by atoms with van der Waals surface area (Å²) in [6, 6.07) is 13.1. The van der Waals surface area contributed by atoms with Gasteiger partial charge in [-0.2, -0.15) is 4.98 Å². The second kappa shape index (κ2) is 6.56. The van der Waals surface area contributed by atoms with Gasteiger partial charge in [0, 0.05) is 18.2 Å². The maximum absolute atomic E-state index is 12.1. The van der Waals surface area contributed by atoms with Crippen molar-refractivity contribution >= 4 is 22.5 Å². The van der Waals surface area contributed by atoms with Gasteiger partial charge in [0.05, 0.1) is 23.7 Å². The van der Waals surface area contributed by atoms with Gasteiger partial charge >= 0.3 is 0 Å². The van der Waals surface area contributed by atoms with E-state index in [2.05, 4.69) is 20.4 Å². The van der Waals surface area contributed by atoms with Gasteiger partial charge in [-0.05, 0) is 24.3 Å². The van der Waals surface area contributed by atoms with Crippen molar-refractivity contribution in [1.82, 2.24) is 15.1 Å². The van der Waals surface area contributed by atoms with Gasteiger partial charge < -0.3 is 14.3 Å². The lowest BCUT2D eigenvalue weighted by molar-refractivity contribution is -0.116. The quantitative estimate of drug-likeness (QED) is 0.601. The molecule has 0 aliphatic heterocycles. The molecule has 1 N–H and O–H groups in total. The number of nitrogens with zero attached hydrogens (tertiary/aromatic N) is 3. The maximum Gasteiger partial charge on any atom is 0.238 e. The van der Waals surface area contributed by atoms with E-state index in [1.807, 2.05) is 30.3 Å². The van der Waals surface area contributed by atoms with E-state index in [0.29, 0.717) is 29.6 Å². The van der Waals surface area contributed by atoms with Gasteiger partial charge in [-0.3, -0.25) is 9.78 Å². The van der Waals surface area contributed by atoms with E-state index in [4.69, 9.17) is 8.94 Å². The summed E-state index contributed by atoms with van der Waals surface area (Å²) in [4.78, 5) is 20.6. The Kier molecular flexibility index (Phi) is 3.96. The van der Waals surface area contributed by atoms with Crippen molar-refractivity contribution in [3.63, 3.8) is 0 Å². The largest absolute Gasteiger partial charge is 0.461 e. The fourth-order valence-electron chi connectivity index (χ4n) is 2.45. The molecule has 0 aliphatic rings. The van der Waals surface area contributed by atoms with Crippen molar-refractivity contribution in [3.05, 3.63) is 60.8 Å². The highest BCUT2D eigenvalue weighted by Crippen LogP contribution is 2.18. The lowest BCUT2D eigenvalue weighted by Crippen LogP contribution is -2.12. The molecule has 0 unspecified atom stereocenters. The number of benzene rings is 1. The molecule has 124 valence electrons. The minimum Gasteiger partial charge on any atom is -0.461 e. The zero-order valence-electron chi connectivity index (χ0n) is 13.2. The Morgan fingerprint density at radius 3 is 2.96 bits per heavy atom. The molecule has 0 radical (unpaired) electrons. The first-order valence-electron chi connectivity index (χ1n) is 7.79. The minimum absolute atomic E-state index is 0.144. The second-order valence-electron chi connectivity index (χ2n) is 5.45. The van der Waals surface area contributed by atoms with Crippen LogP contribution in [0.4, 0.5) is 5.69 Å². The molecule has 0 saturated carbocycles. The third kappa shape index (κ3) is 3.40. The molecule has 1 amide bonds. The van der Waals surface area contributed by atoms with Crippen LogP contribution in [0.2, 0.25) is 0 Å². The average Bonchev–Trinajstić information content (AvgIpc) is 3.31. The molecule has 7 heteroatoms. The van der Waals surface area contributed by atoms with Crippen LogP contribution in [-0.4, -0.2) is 21.0 Å². The highest BCUT2D eigenvalue weighted by atomic mass is 16.5. The number of furan rings is 1. The van der Waals surface area contributed by atoms with Crippen LogP contribution in [0, 0.1) is 0 Å². The molecule has 0 bridgehead atoms. The maximum atomic E-state index is 12.1.